The zero-order valence-electron chi connectivity index (χ0n) is 12.4. The molecule has 1 N–H and O–H groups in total. The minimum absolute atomic E-state index is 0.0711. The minimum atomic E-state index is -3.19. The highest BCUT2D eigenvalue weighted by molar-refractivity contribution is 7.91. The second-order valence-electron chi connectivity index (χ2n) is 5.57. The molecule has 0 fully saturated rings. The number of rotatable bonds is 3. The van der Waals surface area contributed by atoms with Gasteiger partial charge in [0.2, 0.25) is 5.91 Å². The Hall–Kier alpha value is -2.21. The van der Waals surface area contributed by atoms with Gasteiger partial charge in [-0.1, -0.05) is 24.3 Å². The van der Waals surface area contributed by atoms with Crippen molar-refractivity contribution >= 4 is 21.4 Å². The molecule has 0 saturated carbocycles. The van der Waals surface area contributed by atoms with Gasteiger partial charge in [-0.25, -0.2) is 12.8 Å². The molecule has 0 unspecified atom stereocenters. The standard InChI is InChI=1S/C17H16FNO3S/c18-14-5-1-2-6-15(14)19-17(20)11-12-7-8-16-13(10-12)4-3-9-23(16,21)22/h1-2,5-8,10H,3-4,9,11H2,(H,19,20). The van der Waals surface area contributed by atoms with Crippen molar-refractivity contribution in [3.8, 4) is 0 Å². The molecule has 1 heterocycles. The van der Waals surface area contributed by atoms with Crippen LogP contribution in [0.15, 0.2) is 47.4 Å². The Bertz CT molecular complexity index is 862. The second kappa shape index (κ2) is 6.12. The van der Waals surface area contributed by atoms with Gasteiger partial charge in [0.15, 0.2) is 9.84 Å². The van der Waals surface area contributed by atoms with E-state index in [-0.39, 0.29) is 23.8 Å². The average molecular weight is 333 g/mol. The molecule has 1 amide bonds. The van der Waals surface area contributed by atoms with E-state index < -0.39 is 15.7 Å². The summed E-state index contributed by atoms with van der Waals surface area (Å²) in [4.78, 5) is 12.4. The number of hydrogen-bond donors (Lipinski definition) is 1. The van der Waals surface area contributed by atoms with Crippen LogP contribution in [0, 0.1) is 5.82 Å². The highest BCUT2D eigenvalue weighted by atomic mass is 32.2. The Kier molecular flexibility index (Phi) is 4.17. The van der Waals surface area contributed by atoms with Crippen molar-refractivity contribution in [2.45, 2.75) is 24.2 Å². The van der Waals surface area contributed by atoms with E-state index in [0.29, 0.717) is 17.7 Å². The van der Waals surface area contributed by atoms with E-state index in [2.05, 4.69) is 5.32 Å². The summed E-state index contributed by atoms with van der Waals surface area (Å²) in [6, 6.07) is 10.9. The van der Waals surface area contributed by atoms with Crippen LogP contribution < -0.4 is 5.32 Å². The zero-order chi connectivity index (χ0) is 16.4. The molecule has 4 nitrogen and oxygen atoms in total. The van der Waals surface area contributed by atoms with Crippen LogP contribution in [-0.4, -0.2) is 20.1 Å². The molecular formula is C17H16FNO3S. The number of aryl methyl sites for hydroxylation is 1. The quantitative estimate of drug-likeness (QED) is 0.939. The summed E-state index contributed by atoms with van der Waals surface area (Å²) in [6.07, 6.45) is 1.36. The lowest BCUT2D eigenvalue weighted by Gasteiger charge is -2.17. The molecule has 0 atom stereocenters. The van der Waals surface area contributed by atoms with Crippen LogP contribution in [-0.2, 0) is 27.5 Å². The van der Waals surface area contributed by atoms with Gasteiger partial charge in [-0.05, 0) is 42.2 Å². The maximum Gasteiger partial charge on any atom is 0.228 e. The number of nitrogens with one attached hydrogen (secondary N) is 1. The number of anilines is 1. The van der Waals surface area contributed by atoms with Crippen LogP contribution in [0.3, 0.4) is 0 Å². The van der Waals surface area contributed by atoms with E-state index in [4.69, 9.17) is 0 Å². The number of sulfone groups is 1. The summed E-state index contributed by atoms with van der Waals surface area (Å²) < 4.78 is 37.4. The zero-order valence-corrected chi connectivity index (χ0v) is 13.2. The van der Waals surface area contributed by atoms with Crippen LogP contribution in [0.5, 0.6) is 0 Å². The molecule has 3 rings (SSSR count). The van der Waals surface area contributed by atoms with E-state index in [1.165, 1.54) is 12.1 Å². The van der Waals surface area contributed by atoms with Crippen LogP contribution >= 0.6 is 0 Å². The van der Waals surface area contributed by atoms with Crippen molar-refractivity contribution in [2.24, 2.45) is 0 Å². The third kappa shape index (κ3) is 3.42. The summed E-state index contributed by atoms with van der Waals surface area (Å²) in [5, 5.41) is 2.52. The number of carbonyl (C=O) groups excluding carboxylic acids is 1. The van der Waals surface area contributed by atoms with Gasteiger partial charge in [-0.2, -0.15) is 0 Å². The Labute approximate surface area is 134 Å². The molecule has 23 heavy (non-hydrogen) atoms. The third-order valence-corrected chi connectivity index (χ3v) is 5.73. The van der Waals surface area contributed by atoms with Crippen molar-refractivity contribution in [3.63, 3.8) is 0 Å². The van der Waals surface area contributed by atoms with Gasteiger partial charge in [0.1, 0.15) is 5.82 Å². The molecule has 6 heteroatoms. The largest absolute Gasteiger partial charge is 0.323 e. The fourth-order valence-corrected chi connectivity index (χ4v) is 4.33. The van der Waals surface area contributed by atoms with Crippen molar-refractivity contribution in [1.29, 1.82) is 0 Å². The van der Waals surface area contributed by atoms with Crippen LogP contribution in [0.4, 0.5) is 10.1 Å². The van der Waals surface area contributed by atoms with Crippen molar-refractivity contribution in [1.82, 2.24) is 0 Å². The van der Waals surface area contributed by atoms with E-state index in [0.717, 1.165) is 11.1 Å². The molecule has 0 saturated heterocycles. The van der Waals surface area contributed by atoms with E-state index in [1.54, 1.807) is 30.3 Å². The molecule has 2 aromatic rings. The van der Waals surface area contributed by atoms with Gasteiger partial charge in [0.05, 0.1) is 22.8 Å². The first-order valence-corrected chi connectivity index (χ1v) is 9.00. The number of benzene rings is 2. The molecule has 0 aliphatic carbocycles. The van der Waals surface area contributed by atoms with Crippen LogP contribution in [0.1, 0.15) is 17.5 Å². The van der Waals surface area contributed by atoms with E-state index >= 15 is 0 Å². The predicted octanol–water partition coefficient (Wildman–Crippen LogP) is 2.73. The first-order chi connectivity index (χ1) is 11.0. The Balaban J connectivity index is 1.76. The van der Waals surface area contributed by atoms with Crippen LogP contribution in [0.2, 0.25) is 0 Å². The lowest BCUT2D eigenvalue weighted by Crippen LogP contribution is -2.18. The minimum Gasteiger partial charge on any atom is -0.323 e. The number of halogens is 1. The van der Waals surface area contributed by atoms with Gasteiger partial charge in [-0.3, -0.25) is 4.79 Å². The Morgan fingerprint density at radius 2 is 1.96 bits per heavy atom. The third-order valence-electron chi connectivity index (χ3n) is 3.83. The monoisotopic (exact) mass is 333 g/mol. The SMILES string of the molecule is O=C(Cc1ccc2c(c1)CCCS2(=O)=O)Nc1ccccc1F. The molecule has 0 spiro atoms. The topological polar surface area (TPSA) is 63.2 Å². The molecular weight excluding hydrogens is 317 g/mol. The summed E-state index contributed by atoms with van der Waals surface area (Å²) in [5.74, 6) is -0.654. The number of carbonyl (C=O) groups is 1. The van der Waals surface area contributed by atoms with E-state index in [1.807, 2.05) is 0 Å². The fraction of sp³-hybridized carbons (Fsp3) is 0.235. The van der Waals surface area contributed by atoms with Gasteiger partial charge >= 0.3 is 0 Å². The number of amides is 1. The molecule has 1 aliphatic heterocycles. The maximum atomic E-state index is 13.5. The molecule has 1 aliphatic rings. The number of para-hydroxylation sites is 1. The van der Waals surface area contributed by atoms with Gasteiger partial charge in [0.25, 0.3) is 0 Å². The molecule has 2 aromatic carbocycles. The Morgan fingerprint density at radius 3 is 2.74 bits per heavy atom. The summed E-state index contributed by atoms with van der Waals surface area (Å²) in [6.45, 7) is 0. The smallest absolute Gasteiger partial charge is 0.228 e. The predicted molar refractivity (Wildman–Crippen MR) is 85.5 cm³/mol. The number of hydrogen-bond acceptors (Lipinski definition) is 3. The summed E-state index contributed by atoms with van der Waals surface area (Å²) in [5.41, 5.74) is 1.61. The van der Waals surface area contributed by atoms with E-state index in [9.17, 15) is 17.6 Å². The van der Waals surface area contributed by atoms with Gasteiger partial charge < -0.3 is 5.32 Å². The normalized spacial score (nSPS) is 15.7. The first kappa shape index (κ1) is 15.7. The second-order valence-corrected chi connectivity index (χ2v) is 7.65. The van der Waals surface area contributed by atoms with Crippen molar-refractivity contribution in [2.75, 3.05) is 11.1 Å². The highest BCUT2D eigenvalue weighted by Crippen LogP contribution is 2.26. The Morgan fingerprint density at radius 1 is 1.17 bits per heavy atom. The lowest BCUT2D eigenvalue weighted by atomic mass is 10.0. The average Bonchev–Trinajstić information content (AvgIpc) is 2.49. The summed E-state index contributed by atoms with van der Waals surface area (Å²) in [7, 11) is -3.19. The highest BCUT2D eigenvalue weighted by Gasteiger charge is 2.23. The van der Waals surface area contributed by atoms with Crippen molar-refractivity contribution < 1.29 is 17.6 Å². The summed E-state index contributed by atoms with van der Waals surface area (Å²) >= 11 is 0. The molecule has 0 aromatic heterocycles. The lowest BCUT2D eigenvalue weighted by molar-refractivity contribution is -0.115. The molecule has 0 radical (unpaired) electrons. The fourth-order valence-electron chi connectivity index (χ4n) is 2.75. The van der Waals surface area contributed by atoms with Gasteiger partial charge in [-0.15, -0.1) is 0 Å². The molecule has 120 valence electrons. The molecule has 0 bridgehead atoms. The van der Waals surface area contributed by atoms with Crippen molar-refractivity contribution in [3.05, 3.63) is 59.4 Å². The maximum absolute atomic E-state index is 13.5. The first-order valence-electron chi connectivity index (χ1n) is 7.35. The van der Waals surface area contributed by atoms with Crippen LogP contribution in [0.25, 0.3) is 0 Å². The van der Waals surface area contributed by atoms with Gasteiger partial charge in [0, 0.05) is 0 Å². The number of fused-ring (bicyclic) bond motifs is 1.